The number of ether oxygens (including phenoxy) is 1. The molecule has 127 valence electrons. The van der Waals surface area contributed by atoms with Gasteiger partial charge in [-0.25, -0.2) is 0 Å². The van der Waals surface area contributed by atoms with Gasteiger partial charge in [0.2, 0.25) is 0 Å². The molecular weight excluding hydrogens is 296 g/mol. The van der Waals surface area contributed by atoms with E-state index >= 15 is 0 Å². The maximum Gasteiger partial charge on any atom is 0.126 e. The molecule has 0 saturated heterocycles. The molecule has 2 aromatic carbocycles. The lowest BCUT2D eigenvalue weighted by Crippen LogP contribution is -2.04. The van der Waals surface area contributed by atoms with E-state index in [-0.39, 0.29) is 0 Å². The van der Waals surface area contributed by atoms with Gasteiger partial charge in [-0.1, -0.05) is 43.3 Å². The molecule has 2 heteroatoms. The Bertz CT molecular complexity index is 702. The molecule has 0 aliphatic rings. The molecule has 2 rings (SSSR count). The summed E-state index contributed by atoms with van der Waals surface area (Å²) in [6.45, 7) is 12.4. The maximum atomic E-state index is 10.6. The zero-order chi connectivity index (χ0) is 17.7. The fourth-order valence-electron chi connectivity index (χ4n) is 2.85. The Kier molecular flexibility index (Phi) is 6.08. The smallest absolute Gasteiger partial charge is 0.126 e. The lowest BCUT2D eigenvalue weighted by molar-refractivity contribution is 0.300. The molecule has 1 radical (unpaired) electrons. The van der Waals surface area contributed by atoms with Crippen LogP contribution in [0.15, 0.2) is 43.0 Å². The number of aromatic hydroxyl groups is 1. The summed E-state index contributed by atoms with van der Waals surface area (Å²) in [7, 11) is 0. The van der Waals surface area contributed by atoms with Crippen molar-refractivity contribution in [1.29, 1.82) is 0 Å². The molecule has 0 bridgehead atoms. The molecule has 1 N–H and O–H groups in total. The monoisotopic (exact) mass is 323 g/mol. The highest BCUT2D eigenvalue weighted by Gasteiger charge is 2.18. The van der Waals surface area contributed by atoms with Crippen molar-refractivity contribution >= 4 is 0 Å². The number of rotatable bonds is 7. The van der Waals surface area contributed by atoms with Crippen molar-refractivity contribution < 1.29 is 9.84 Å². The molecule has 0 heterocycles. The summed E-state index contributed by atoms with van der Waals surface area (Å²) < 4.78 is 6.13. The van der Waals surface area contributed by atoms with Crippen molar-refractivity contribution in [3.63, 3.8) is 0 Å². The molecule has 0 aliphatic carbocycles. The molecule has 0 amide bonds. The second kappa shape index (κ2) is 8.05. The van der Waals surface area contributed by atoms with Gasteiger partial charge in [0, 0.05) is 5.56 Å². The fourth-order valence-corrected chi connectivity index (χ4v) is 2.85. The van der Waals surface area contributed by atoms with Gasteiger partial charge in [-0.05, 0) is 61.8 Å². The first kappa shape index (κ1) is 18.1. The van der Waals surface area contributed by atoms with Gasteiger partial charge in [0.15, 0.2) is 0 Å². The number of benzene rings is 2. The lowest BCUT2D eigenvalue weighted by atomic mass is 9.92. The van der Waals surface area contributed by atoms with E-state index in [0.29, 0.717) is 12.4 Å². The van der Waals surface area contributed by atoms with E-state index in [4.69, 9.17) is 4.74 Å². The van der Waals surface area contributed by atoms with Gasteiger partial charge in [0.1, 0.15) is 18.1 Å². The van der Waals surface area contributed by atoms with Gasteiger partial charge in [-0.2, -0.15) is 0 Å². The topological polar surface area (TPSA) is 29.5 Å². The molecule has 0 aliphatic heterocycles. The maximum absolute atomic E-state index is 10.6. The van der Waals surface area contributed by atoms with Crippen LogP contribution in [-0.4, -0.2) is 5.11 Å². The van der Waals surface area contributed by atoms with Gasteiger partial charge >= 0.3 is 0 Å². The zero-order valence-electron chi connectivity index (χ0n) is 15.1. The van der Waals surface area contributed by atoms with Crippen LogP contribution in [-0.2, 0) is 13.0 Å². The molecule has 0 saturated carbocycles. The van der Waals surface area contributed by atoms with Gasteiger partial charge in [-0.15, -0.1) is 6.58 Å². The van der Waals surface area contributed by atoms with Crippen molar-refractivity contribution in [3.05, 3.63) is 76.7 Å². The quantitative estimate of drug-likeness (QED) is 0.717. The SMILES string of the molecule is C=C[C](C)CCc1c(C)c(OCc2ccccc2)c(C)c(C)c1O. The molecule has 0 aromatic heterocycles. The minimum atomic E-state index is 0.397. The number of phenolic OH excluding ortho intramolecular Hbond substituents is 1. The summed E-state index contributed by atoms with van der Waals surface area (Å²) in [6, 6.07) is 10.1. The molecule has 2 nitrogen and oxygen atoms in total. The van der Waals surface area contributed by atoms with Crippen LogP contribution < -0.4 is 4.74 Å². The first-order valence-corrected chi connectivity index (χ1v) is 8.38. The summed E-state index contributed by atoms with van der Waals surface area (Å²) >= 11 is 0. The third-order valence-electron chi connectivity index (χ3n) is 4.68. The van der Waals surface area contributed by atoms with E-state index in [0.717, 1.165) is 46.4 Å². The van der Waals surface area contributed by atoms with Gasteiger partial charge in [0.25, 0.3) is 0 Å². The minimum Gasteiger partial charge on any atom is -0.507 e. The van der Waals surface area contributed by atoms with Crippen molar-refractivity contribution in [2.75, 3.05) is 0 Å². The molecular formula is C22H27O2. The lowest BCUT2D eigenvalue weighted by Gasteiger charge is -2.20. The summed E-state index contributed by atoms with van der Waals surface area (Å²) in [5.74, 6) is 2.51. The fraction of sp³-hybridized carbons (Fsp3) is 0.318. The van der Waals surface area contributed by atoms with E-state index in [1.54, 1.807) is 0 Å². The van der Waals surface area contributed by atoms with Gasteiger partial charge in [0.05, 0.1) is 0 Å². The molecule has 0 spiro atoms. The highest BCUT2D eigenvalue weighted by atomic mass is 16.5. The second-order valence-corrected chi connectivity index (χ2v) is 6.36. The summed E-state index contributed by atoms with van der Waals surface area (Å²) in [4.78, 5) is 0. The Morgan fingerprint density at radius 1 is 1.08 bits per heavy atom. The third-order valence-corrected chi connectivity index (χ3v) is 4.68. The predicted octanol–water partition coefficient (Wildman–Crippen LogP) is 5.61. The number of hydrogen-bond donors (Lipinski definition) is 1. The van der Waals surface area contributed by atoms with Gasteiger partial charge in [-0.3, -0.25) is 0 Å². The normalized spacial score (nSPS) is 10.9. The second-order valence-electron chi connectivity index (χ2n) is 6.36. The van der Waals surface area contributed by atoms with Crippen LogP contribution in [0.25, 0.3) is 0 Å². The number of hydrogen-bond acceptors (Lipinski definition) is 2. The number of phenols is 1. The largest absolute Gasteiger partial charge is 0.507 e. The van der Waals surface area contributed by atoms with E-state index in [1.807, 2.05) is 45.0 Å². The van der Waals surface area contributed by atoms with Crippen LogP contribution >= 0.6 is 0 Å². The van der Waals surface area contributed by atoms with Crippen LogP contribution in [0.3, 0.4) is 0 Å². The van der Waals surface area contributed by atoms with Crippen LogP contribution in [0.1, 0.15) is 41.2 Å². The standard InChI is InChI=1S/C22H27O2/c1-6-15(2)12-13-20-18(5)22(17(4)16(3)21(20)23)24-14-19-10-8-7-9-11-19/h6-11,23H,1,12-14H2,2-5H3. The van der Waals surface area contributed by atoms with E-state index in [2.05, 4.69) is 25.6 Å². The van der Waals surface area contributed by atoms with E-state index in [9.17, 15) is 5.11 Å². The highest BCUT2D eigenvalue weighted by Crippen LogP contribution is 2.38. The Hall–Kier alpha value is -2.22. The molecule has 0 atom stereocenters. The summed E-state index contributed by atoms with van der Waals surface area (Å²) in [5, 5.41) is 10.6. The first-order valence-electron chi connectivity index (χ1n) is 8.38. The average Bonchev–Trinajstić information content (AvgIpc) is 2.60. The Morgan fingerprint density at radius 3 is 2.38 bits per heavy atom. The minimum absolute atomic E-state index is 0.397. The van der Waals surface area contributed by atoms with Crippen LogP contribution in [0.2, 0.25) is 0 Å². The van der Waals surface area contributed by atoms with Crippen molar-refractivity contribution in [2.24, 2.45) is 0 Å². The molecule has 0 fully saturated rings. The van der Waals surface area contributed by atoms with E-state index in [1.165, 1.54) is 5.92 Å². The predicted molar refractivity (Wildman–Crippen MR) is 101 cm³/mol. The van der Waals surface area contributed by atoms with Crippen LogP contribution in [0.5, 0.6) is 11.5 Å². The molecule has 0 unspecified atom stereocenters. The van der Waals surface area contributed by atoms with Gasteiger partial charge < -0.3 is 9.84 Å². The Morgan fingerprint density at radius 2 is 1.75 bits per heavy atom. The first-order chi connectivity index (χ1) is 11.5. The molecule has 2 aromatic rings. The van der Waals surface area contributed by atoms with Crippen molar-refractivity contribution in [2.45, 2.75) is 47.1 Å². The zero-order valence-corrected chi connectivity index (χ0v) is 15.1. The Labute approximate surface area is 145 Å². The molecule has 24 heavy (non-hydrogen) atoms. The highest BCUT2D eigenvalue weighted by molar-refractivity contribution is 5.57. The van der Waals surface area contributed by atoms with E-state index < -0.39 is 0 Å². The average molecular weight is 323 g/mol. The summed E-state index contributed by atoms with van der Waals surface area (Å²) in [5.41, 5.74) is 5.05. The van der Waals surface area contributed by atoms with Crippen LogP contribution in [0, 0.1) is 26.7 Å². The third kappa shape index (κ3) is 4.00. The van der Waals surface area contributed by atoms with Crippen molar-refractivity contribution in [1.82, 2.24) is 0 Å². The summed E-state index contributed by atoms with van der Waals surface area (Å²) in [6.07, 6.45) is 3.55. The number of allylic oxidation sites excluding steroid dienone is 1. The van der Waals surface area contributed by atoms with Crippen LogP contribution in [0.4, 0.5) is 0 Å². The Balaban J connectivity index is 2.29. The van der Waals surface area contributed by atoms with Crippen molar-refractivity contribution in [3.8, 4) is 11.5 Å².